The average Bonchev–Trinajstić information content (AvgIpc) is 2.05. The van der Waals surface area contributed by atoms with Crippen molar-refractivity contribution in [2.75, 3.05) is 7.05 Å². The number of hydrogen-bond donors (Lipinski definition) is 1. The van der Waals surface area contributed by atoms with Crippen molar-refractivity contribution in [1.82, 2.24) is 5.32 Å². The molecule has 0 unspecified atom stereocenters. The summed E-state index contributed by atoms with van der Waals surface area (Å²) in [5.74, 6) is 0.881. The number of hydrogen-bond acceptors (Lipinski definition) is 1. The highest BCUT2D eigenvalue weighted by Crippen LogP contribution is 2.18. The lowest BCUT2D eigenvalue weighted by Crippen LogP contribution is -2.31. The first-order valence-corrected chi connectivity index (χ1v) is 4.38. The maximum atomic E-state index is 11.2. The number of carbonyl (C=O) groups excluding carboxylic acids is 1. The van der Waals surface area contributed by atoms with Crippen LogP contribution in [0.4, 0.5) is 0 Å². The van der Waals surface area contributed by atoms with Crippen molar-refractivity contribution in [2.24, 2.45) is 11.8 Å². The molecule has 1 N–H and O–H groups in total. The van der Waals surface area contributed by atoms with Crippen molar-refractivity contribution in [1.29, 1.82) is 0 Å². The Morgan fingerprint density at radius 2 is 1.91 bits per heavy atom. The Hall–Kier alpha value is -0.530. The largest absolute Gasteiger partial charge is 0.359 e. The summed E-state index contributed by atoms with van der Waals surface area (Å²) in [4.78, 5) is 11.2. The van der Waals surface area contributed by atoms with Crippen LogP contribution in [0.25, 0.3) is 0 Å². The standard InChI is InChI=1S/C9H19NO/c1-5-7(3)8(6-2)9(11)10-4/h7-8H,5-6H2,1-4H3,(H,10,11)/t7-,8-/m0/s1. The van der Waals surface area contributed by atoms with Gasteiger partial charge in [0.05, 0.1) is 0 Å². The van der Waals surface area contributed by atoms with Gasteiger partial charge in [-0.05, 0) is 12.3 Å². The fourth-order valence-corrected chi connectivity index (χ4v) is 1.32. The van der Waals surface area contributed by atoms with Crippen molar-refractivity contribution < 1.29 is 4.79 Å². The number of amides is 1. The maximum absolute atomic E-state index is 11.2. The molecule has 0 aromatic carbocycles. The minimum Gasteiger partial charge on any atom is -0.359 e. The smallest absolute Gasteiger partial charge is 0.223 e. The molecule has 0 heterocycles. The quantitative estimate of drug-likeness (QED) is 0.662. The molecule has 0 rings (SSSR count). The molecular weight excluding hydrogens is 138 g/mol. The fraction of sp³-hybridized carbons (Fsp3) is 0.889. The predicted octanol–water partition coefficient (Wildman–Crippen LogP) is 1.80. The molecule has 1 amide bonds. The number of nitrogens with one attached hydrogen (secondary N) is 1. The Morgan fingerprint density at radius 1 is 1.36 bits per heavy atom. The fourth-order valence-electron chi connectivity index (χ4n) is 1.32. The van der Waals surface area contributed by atoms with E-state index >= 15 is 0 Å². The maximum Gasteiger partial charge on any atom is 0.223 e. The molecule has 66 valence electrons. The Morgan fingerprint density at radius 3 is 2.18 bits per heavy atom. The molecule has 0 bridgehead atoms. The highest BCUT2D eigenvalue weighted by Gasteiger charge is 2.20. The lowest BCUT2D eigenvalue weighted by molar-refractivity contribution is -0.126. The van der Waals surface area contributed by atoms with E-state index in [9.17, 15) is 4.79 Å². The molecule has 11 heavy (non-hydrogen) atoms. The van der Waals surface area contributed by atoms with Crippen molar-refractivity contribution >= 4 is 5.91 Å². The topological polar surface area (TPSA) is 29.1 Å². The van der Waals surface area contributed by atoms with Crippen LogP contribution in [0.1, 0.15) is 33.6 Å². The number of rotatable bonds is 4. The van der Waals surface area contributed by atoms with E-state index < -0.39 is 0 Å². The Labute approximate surface area is 69.4 Å². The molecule has 0 spiro atoms. The molecule has 0 aliphatic rings. The van der Waals surface area contributed by atoms with Gasteiger partial charge in [-0.15, -0.1) is 0 Å². The first-order valence-electron chi connectivity index (χ1n) is 4.38. The van der Waals surface area contributed by atoms with Crippen LogP contribution in [-0.4, -0.2) is 13.0 Å². The minimum absolute atomic E-state index is 0.182. The van der Waals surface area contributed by atoms with E-state index in [1.54, 1.807) is 7.05 Å². The van der Waals surface area contributed by atoms with Crippen molar-refractivity contribution in [3.63, 3.8) is 0 Å². The van der Waals surface area contributed by atoms with Crippen LogP contribution in [0.5, 0.6) is 0 Å². The van der Waals surface area contributed by atoms with E-state index in [-0.39, 0.29) is 11.8 Å². The highest BCUT2D eigenvalue weighted by atomic mass is 16.1. The SMILES string of the molecule is CC[C@H](C(=O)NC)[C@@H](C)CC. The van der Waals surface area contributed by atoms with Gasteiger partial charge in [-0.1, -0.05) is 27.2 Å². The highest BCUT2D eigenvalue weighted by molar-refractivity contribution is 5.78. The summed E-state index contributed by atoms with van der Waals surface area (Å²) >= 11 is 0. The second-order valence-corrected chi connectivity index (χ2v) is 3.01. The molecule has 0 aliphatic carbocycles. The third-order valence-electron chi connectivity index (χ3n) is 2.35. The lowest BCUT2D eigenvalue weighted by atomic mass is 9.89. The summed E-state index contributed by atoms with van der Waals surface area (Å²) in [6.45, 7) is 6.31. The molecule has 2 atom stereocenters. The third kappa shape index (κ3) is 2.91. The van der Waals surface area contributed by atoms with Gasteiger partial charge in [0, 0.05) is 13.0 Å². The van der Waals surface area contributed by atoms with Crippen molar-refractivity contribution in [2.45, 2.75) is 33.6 Å². The van der Waals surface area contributed by atoms with Gasteiger partial charge in [0.1, 0.15) is 0 Å². The second-order valence-electron chi connectivity index (χ2n) is 3.01. The number of carbonyl (C=O) groups is 1. The zero-order chi connectivity index (χ0) is 8.85. The predicted molar refractivity (Wildman–Crippen MR) is 47.3 cm³/mol. The van der Waals surface area contributed by atoms with E-state index in [1.165, 1.54) is 0 Å². The summed E-state index contributed by atoms with van der Waals surface area (Å²) in [5.41, 5.74) is 0. The zero-order valence-corrected chi connectivity index (χ0v) is 7.98. The second kappa shape index (κ2) is 5.16. The van der Waals surface area contributed by atoms with Gasteiger partial charge in [-0.25, -0.2) is 0 Å². The normalized spacial score (nSPS) is 15.6. The van der Waals surface area contributed by atoms with Gasteiger partial charge in [-0.2, -0.15) is 0 Å². The lowest BCUT2D eigenvalue weighted by Gasteiger charge is -2.19. The van der Waals surface area contributed by atoms with E-state index in [1.807, 2.05) is 0 Å². The molecule has 0 saturated heterocycles. The molecule has 0 fully saturated rings. The van der Waals surface area contributed by atoms with Gasteiger partial charge in [0.15, 0.2) is 0 Å². The van der Waals surface area contributed by atoms with Crippen molar-refractivity contribution in [3.8, 4) is 0 Å². The van der Waals surface area contributed by atoms with Crippen LogP contribution in [0, 0.1) is 11.8 Å². The molecule has 2 heteroatoms. The molecule has 0 saturated carbocycles. The summed E-state index contributed by atoms with van der Waals surface area (Å²) in [5, 5.41) is 2.69. The summed E-state index contributed by atoms with van der Waals surface area (Å²) in [7, 11) is 1.70. The van der Waals surface area contributed by atoms with E-state index in [0.29, 0.717) is 5.92 Å². The van der Waals surface area contributed by atoms with Gasteiger partial charge < -0.3 is 5.32 Å². The van der Waals surface area contributed by atoms with Crippen LogP contribution >= 0.6 is 0 Å². The Balaban J connectivity index is 4.03. The van der Waals surface area contributed by atoms with E-state index in [4.69, 9.17) is 0 Å². The minimum atomic E-state index is 0.182. The Bertz CT molecular complexity index is 123. The summed E-state index contributed by atoms with van der Waals surface area (Å²) in [6, 6.07) is 0. The monoisotopic (exact) mass is 157 g/mol. The zero-order valence-electron chi connectivity index (χ0n) is 7.98. The molecular formula is C9H19NO. The molecule has 2 nitrogen and oxygen atoms in total. The van der Waals surface area contributed by atoms with Crippen LogP contribution < -0.4 is 5.32 Å². The Kier molecular flexibility index (Phi) is 4.92. The molecule has 0 aromatic rings. The van der Waals surface area contributed by atoms with Gasteiger partial charge in [0.25, 0.3) is 0 Å². The third-order valence-corrected chi connectivity index (χ3v) is 2.35. The van der Waals surface area contributed by atoms with Crippen molar-refractivity contribution in [3.05, 3.63) is 0 Å². The van der Waals surface area contributed by atoms with Gasteiger partial charge in [0.2, 0.25) is 5.91 Å². The van der Waals surface area contributed by atoms with Gasteiger partial charge >= 0.3 is 0 Å². The van der Waals surface area contributed by atoms with E-state index in [2.05, 4.69) is 26.1 Å². The summed E-state index contributed by atoms with van der Waals surface area (Å²) < 4.78 is 0. The molecule has 0 radical (unpaired) electrons. The van der Waals surface area contributed by atoms with Crippen LogP contribution in [-0.2, 0) is 4.79 Å². The first-order chi connectivity index (χ1) is 5.17. The van der Waals surface area contributed by atoms with Gasteiger partial charge in [-0.3, -0.25) is 4.79 Å². The average molecular weight is 157 g/mol. The van der Waals surface area contributed by atoms with E-state index in [0.717, 1.165) is 12.8 Å². The first kappa shape index (κ1) is 10.5. The molecule has 0 aromatic heterocycles. The van der Waals surface area contributed by atoms with Crippen LogP contribution in [0.3, 0.4) is 0 Å². The summed E-state index contributed by atoms with van der Waals surface area (Å²) in [6.07, 6.45) is 2.01. The molecule has 0 aliphatic heterocycles. The van der Waals surface area contributed by atoms with Crippen LogP contribution in [0.15, 0.2) is 0 Å². The van der Waals surface area contributed by atoms with Crippen LogP contribution in [0.2, 0.25) is 0 Å².